The number of Topliss-reactive ketones (excluding diaryl/α,β-unsaturated/α-hetero) is 3. The zero-order valence-corrected chi connectivity index (χ0v) is 28.7. The average Bonchev–Trinajstić information content (AvgIpc) is 2.94. The Morgan fingerprint density at radius 3 is 1.41 bits per heavy atom. The molecule has 11 heteroatoms. The largest absolute Gasteiger partial charge is 0.378 e. The predicted molar refractivity (Wildman–Crippen MR) is 166 cm³/mol. The normalized spacial score (nSPS) is 17.0. The number of carbonyl (C=O) groups excluding carboxylic acids is 4. The number of rotatable bonds is 26. The summed E-state index contributed by atoms with van der Waals surface area (Å²) in [6, 6.07) is 0. The number of likely N-dealkylation sites (N-methyl/N-ethyl adjacent to an activating group) is 1. The molecule has 1 rings (SSSR count). The van der Waals surface area contributed by atoms with Gasteiger partial charge in [0.05, 0.1) is 58.0 Å². The third kappa shape index (κ3) is 15.5. The molecule has 1 amide bonds. The van der Waals surface area contributed by atoms with Crippen molar-refractivity contribution >= 4 is 23.3 Å². The summed E-state index contributed by atoms with van der Waals surface area (Å²) in [6.07, 6.45) is 2.12. The molecule has 0 atom stereocenters. The molecule has 44 heavy (non-hydrogen) atoms. The first-order chi connectivity index (χ1) is 20.7. The third-order valence-electron chi connectivity index (χ3n) is 7.81. The van der Waals surface area contributed by atoms with Gasteiger partial charge in [-0.1, -0.05) is 41.5 Å². The summed E-state index contributed by atoms with van der Waals surface area (Å²) in [5.74, 6) is -0.354. The minimum absolute atomic E-state index is 0.0338. The van der Waals surface area contributed by atoms with E-state index in [2.05, 4.69) is 0 Å². The molecular formula is C33H59NO10. The van der Waals surface area contributed by atoms with E-state index in [0.29, 0.717) is 12.8 Å². The molecule has 0 radical (unpaired) electrons. The molecule has 0 bridgehead atoms. The highest BCUT2D eigenvalue weighted by Gasteiger charge is 2.40. The fourth-order valence-corrected chi connectivity index (χ4v) is 4.20. The Labute approximate surface area is 264 Å². The second-order valence-corrected chi connectivity index (χ2v) is 13.0. The van der Waals surface area contributed by atoms with Crippen LogP contribution >= 0.6 is 0 Å². The van der Waals surface area contributed by atoms with E-state index in [0.717, 1.165) is 0 Å². The molecule has 1 aliphatic carbocycles. The van der Waals surface area contributed by atoms with Crippen LogP contribution in [0.1, 0.15) is 87.5 Å². The molecule has 1 fully saturated rings. The predicted octanol–water partition coefficient (Wildman–Crippen LogP) is 4.03. The van der Waals surface area contributed by atoms with Crippen LogP contribution < -0.4 is 0 Å². The Balaban J connectivity index is 2.94. The molecule has 0 aromatic heterocycles. The third-order valence-corrected chi connectivity index (χ3v) is 7.81. The number of hydrogen-bond donors (Lipinski definition) is 0. The van der Waals surface area contributed by atoms with Crippen LogP contribution in [0.5, 0.6) is 0 Å². The van der Waals surface area contributed by atoms with E-state index < -0.39 is 5.54 Å². The molecule has 0 N–H and O–H groups in total. The van der Waals surface area contributed by atoms with Crippen LogP contribution in [-0.2, 0) is 47.6 Å². The van der Waals surface area contributed by atoms with Gasteiger partial charge in [-0.05, 0) is 13.8 Å². The second-order valence-electron chi connectivity index (χ2n) is 13.0. The minimum atomic E-state index is -1.08. The van der Waals surface area contributed by atoms with Gasteiger partial charge in [0.15, 0.2) is 0 Å². The molecule has 0 aromatic carbocycles. The lowest BCUT2D eigenvalue weighted by Crippen LogP contribution is -2.60. The first kappa shape index (κ1) is 40.3. The van der Waals surface area contributed by atoms with Crippen LogP contribution in [0.2, 0.25) is 0 Å². The van der Waals surface area contributed by atoms with Crippen molar-refractivity contribution in [1.29, 1.82) is 0 Å². The lowest BCUT2D eigenvalue weighted by molar-refractivity contribution is -0.174. The van der Waals surface area contributed by atoms with Crippen molar-refractivity contribution in [3.8, 4) is 0 Å². The fourth-order valence-electron chi connectivity index (χ4n) is 4.20. The molecule has 1 aliphatic rings. The zero-order chi connectivity index (χ0) is 33.3. The van der Waals surface area contributed by atoms with Gasteiger partial charge in [-0.3, -0.25) is 19.2 Å². The summed E-state index contributed by atoms with van der Waals surface area (Å²) in [7, 11) is 1.65. The highest BCUT2D eigenvalue weighted by molar-refractivity contribution is 5.81. The lowest BCUT2D eigenvalue weighted by Gasteiger charge is -2.42. The molecule has 0 heterocycles. The fraction of sp³-hybridized carbons (Fsp3) is 0.879. The minimum Gasteiger partial charge on any atom is -0.378 e. The van der Waals surface area contributed by atoms with E-state index >= 15 is 0 Å². The standard InChI is InChI=1S/C33H59NO10/c1-23(2)29(35)10-13-39-19-33(20-40-14-11-30(36)24(3)4,21-41-15-12-31(37)25(5)6)34(9)32(38)18-42-27-16-28(17-27)44-22-43-26(7)8/h23-28H,10-22H2,1-9H3. The molecular weight excluding hydrogens is 570 g/mol. The Bertz CT molecular complexity index is 797. The van der Waals surface area contributed by atoms with Crippen molar-refractivity contribution < 1.29 is 47.6 Å². The second kappa shape index (κ2) is 21.1. The van der Waals surface area contributed by atoms with Gasteiger partial charge in [-0.2, -0.15) is 0 Å². The van der Waals surface area contributed by atoms with Crippen LogP contribution in [0.25, 0.3) is 0 Å². The summed E-state index contributed by atoms with van der Waals surface area (Å²) in [5.41, 5.74) is -1.08. The number of nitrogens with zero attached hydrogens (tertiary/aromatic N) is 1. The molecule has 0 aliphatic heterocycles. The first-order valence-corrected chi connectivity index (χ1v) is 16.1. The molecule has 0 unspecified atom stereocenters. The summed E-state index contributed by atoms with van der Waals surface area (Å²) < 4.78 is 34.9. The summed E-state index contributed by atoms with van der Waals surface area (Å²) in [5, 5.41) is 0. The molecule has 11 nitrogen and oxygen atoms in total. The van der Waals surface area contributed by atoms with Crippen LogP contribution in [-0.4, -0.2) is 112 Å². The number of ketones is 3. The topological polar surface area (TPSA) is 127 Å². The van der Waals surface area contributed by atoms with Gasteiger partial charge in [-0.15, -0.1) is 0 Å². The highest BCUT2D eigenvalue weighted by Crippen LogP contribution is 2.27. The van der Waals surface area contributed by atoms with E-state index in [1.165, 1.54) is 4.90 Å². The van der Waals surface area contributed by atoms with Gasteiger partial charge >= 0.3 is 0 Å². The summed E-state index contributed by atoms with van der Waals surface area (Å²) in [6.45, 7) is 15.7. The maximum Gasteiger partial charge on any atom is 0.249 e. The smallest absolute Gasteiger partial charge is 0.249 e. The lowest BCUT2D eigenvalue weighted by atomic mass is 9.92. The van der Waals surface area contributed by atoms with Crippen molar-refractivity contribution in [3.63, 3.8) is 0 Å². The maximum absolute atomic E-state index is 13.5. The zero-order valence-electron chi connectivity index (χ0n) is 28.7. The quantitative estimate of drug-likeness (QED) is 0.102. The van der Waals surface area contributed by atoms with Crippen molar-refractivity contribution in [3.05, 3.63) is 0 Å². The van der Waals surface area contributed by atoms with Crippen LogP contribution in [0.4, 0.5) is 0 Å². The molecule has 0 aromatic rings. The SMILES string of the molecule is CC(C)OCOC1CC(OCC(=O)N(C)C(COCCC(=O)C(C)C)(COCCC(=O)C(C)C)COCCC(=O)C(C)C)C1. The van der Waals surface area contributed by atoms with Gasteiger partial charge in [-0.25, -0.2) is 0 Å². The molecule has 1 saturated carbocycles. The van der Waals surface area contributed by atoms with Gasteiger partial charge in [0.2, 0.25) is 5.91 Å². The number of ether oxygens (including phenoxy) is 6. The van der Waals surface area contributed by atoms with E-state index in [9.17, 15) is 19.2 Å². The number of carbonyl (C=O) groups is 4. The van der Waals surface area contributed by atoms with Gasteiger partial charge in [0.25, 0.3) is 0 Å². The molecule has 0 saturated heterocycles. The van der Waals surface area contributed by atoms with Gasteiger partial charge in [0.1, 0.15) is 36.3 Å². The summed E-state index contributed by atoms with van der Waals surface area (Å²) in [4.78, 5) is 51.5. The van der Waals surface area contributed by atoms with Gasteiger partial charge < -0.3 is 33.3 Å². The van der Waals surface area contributed by atoms with E-state index in [-0.39, 0.29) is 132 Å². The van der Waals surface area contributed by atoms with E-state index in [1.807, 2.05) is 55.4 Å². The van der Waals surface area contributed by atoms with Crippen molar-refractivity contribution in [2.24, 2.45) is 17.8 Å². The molecule has 0 spiro atoms. The Hall–Kier alpha value is -1.76. The van der Waals surface area contributed by atoms with Crippen molar-refractivity contribution in [2.75, 3.05) is 60.1 Å². The van der Waals surface area contributed by atoms with Crippen molar-refractivity contribution in [1.82, 2.24) is 4.90 Å². The van der Waals surface area contributed by atoms with Crippen LogP contribution in [0.3, 0.4) is 0 Å². The molecule has 256 valence electrons. The van der Waals surface area contributed by atoms with Crippen molar-refractivity contribution in [2.45, 2.75) is 111 Å². The number of hydrogen-bond acceptors (Lipinski definition) is 10. The average molecular weight is 630 g/mol. The monoisotopic (exact) mass is 629 g/mol. The van der Waals surface area contributed by atoms with Crippen LogP contribution in [0.15, 0.2) is 0 Å². The Kier molecular flexibility index (Phi) is 19.3. The Morgan fingerprint density at radius 1 is 0.659 bits per heavy atom. The number of amides is 1. The van der Waals surface area contributed by atoms with Crippen LogP contribution in [0, 0.1) is 17.8 Å². The summed E-state index contributed by atoms with van der Waals surface area (Å²) >= 11 is 0. The van der Waals surface area contributed by atoms with E-state index in [4.69, 9.17) is 28.4 Å². The Morgan fingerprint density at radius 2 is 1.05 bits per heavy atom. The first-order valence-electron chi connectivity index (χ1n) is 16.1. The van der Waals surface area contributed by atoms with E-state index in [1.54, 1.807) is 7.05 Å². The van der Waals surface area contributed by atoms with Gasteiger partial charge in [0, 0.05) is 56.9 Å². The maximum atomic E-state index is 13.5. The highest BCUT2D eigenvalue weighted by atomic mass is 16.7.